The highest BCUT2D eigenvalue weighted by Gasteiger charge is 2.51. The van der Waals surface area contributed by atoms with Crippen molar-refractivity contribution in [1.29, 1.82) is 0 Å². The van der Waals surface area contributed by atoms with Crippen molar-refractivity contribution in [2.75, 3.05) is 0 Å². The van der Waals surface area contributed by atoms with Crippen LogP contribution in [0.1, 0.15) is 52.6 Å². The molecule has 1 aliphatic carbocycles. The number of phenols is 1. The molecule has 2 N–H and O–H groups in total. The van der Waals surface area contributed by atoms with Crippen LogP contribution in [0.2, 0.25) is 0 Å². The van der Waals surface area contributed by atoms with Crippen LogP contribution in [0.15, 0.2) is 11.6 Å². The monoisotopic (exact) mass is 316 g/mol. The number of carbonyl (C=O) groups is 3. The summed E-state index contributed by atoms with van der Waals surface area (Å²) in [5.41, 5.74) is -0.460. The van der Waals surface area contributed by atoms with E-state index in [1.54, 1.807) is 13.8 Å². The number of aryl methyl sites for hydroxylation is 1. The van der Waals surface area contributed by atoms with Gasteiger partial charge in [-0.3, -0.25) is 9.59 Å². The van der Waals surface area contributed by atoms with Crippen LogP contribution in [-0.4, -0.2) is 33.9 Å². The molecule has 0 amide bonds. The highest BCUT2D eigenvalue weighted by Crippen LogP contribution is 2.50. The molecular formula is C17H16O6. The number of aromatic hydroxyl groups is 1. The van der Waals surface area contributed by atoms with Gasteiger partial charge in [0.05, 0.1) is 11.1 Å². The van der Waals surface area contributed by atoms with Gasteiger partial charge in [-0.25, -0.2) is 4.79 Å². The largest absolute Gasteiger partial charge is 0.507 e. The third-order valence-electron chi connectivity index (χ3n) is 4.79. The standard InChI is InChI=1S/C17H16O6/c1-6-5-8(18)10(16(21)22)11-9(6)15-12(14(20)13(11)19)17(3,4)7(2)23-15/h5,7,18H,1-4H3,(H,21,22). The van der Waals surface area contributed by atoms with E-state index in [1.807, 2.05) is 13.8 Å². The minimum Gasteiger partial charge on any atom is -0.507 e. The number of hydrogen-bond acceptors (Lipinski definition) is 5. The molecular weight excluding hydrogens is 300 g/mol. The van der Waals surface area contributed by atoms with Crippen molar-refractivity contribution in [2.24, 2.45) is 5.41 Å². The molecule has 2 aliphatic rings. The first-order valence-corrected chi connectivity index (χ1v) is 7.19. The first kappa shape index (κ1) is 15.3. The highest BCUT2D eigenvalue weighted by atomic mass is 16.5. The van der Waals surface area contributed by atoms with Gasteiger partial charge in [-0.2, -0.15) is 0 Å². The minimum atomic E-state index is -1.46. The lowest BCUT2D eigenvalue weighted by atomic mass is 9.73. The first-order valence-electron chi connectivity index (χ1n) is 7.19. The van der Waals surface area contributed by atoms with E-state index in [9.17, 15) is 24.6 Å². The number of Topliss-reactive ketones (excluding diaryl/α,β-unsaturated/α-hetero) is 2. The van der Waals surface area contributed by atoms with Crippen LogP contribution < -0.4 is 0 Å². The van der Waals surface area contributed by atoms with Crippen LogP contribution in [0.3, 0.4) is 0 Å². The fraction of sp³-hybridized carbons (Fsp3) is 0.353. The molecule has 0 spiro atoms. The summed E-state index contributed by atoms with van der Waals surface area (Å²) in [6, 6.07) is 1.27. The number of ketones is 2. The highest BCUT2D eigenvalue weighted by molar-refractivity contribution is 6.53. The van der Waals surface area contributed by atoms with E-state index in [1.165, 1.54) is 6.07 Å². The van der Waals surface area contributed by atoms with Crippen molar-refractivity contribution >= 4 is 23.3 Å². The van der Waals surface area contributed by atoms with Gasteiger partial charge in [-0.1, -0.05) is 13.8 Å². The Balaban J connectivity index is 2.46. The minimum absolute atomic E-state index is 0.252. The molecule has 1 aliphatic heterocycles. The molecule has 0 aromatic heterocycles. The number of aromatic carboxylic acids is 1. The van der Waals surface area contributed by atoms with Crippen LogP contribution in [0.4, 0.5) is 0 Å². The normalized spacial score (nSPS) is 21.8. The average Bonchev–Trinajstić information content (AvgIpc) is 2.65. The third-order valence-corrected chi connectivity index (χ3v) is 4.79. The van der Waals surface area contributed by atoms with E-state index >= 15 is 0 Å². The van der Waals surface area contributed by atoms with Gasteiger partial charge in [-0.15, -0.1) is 0 Å². The second-order valence-corrected chi connectivity index (χ2v) is 6.49. The van der Waals surface area contributed by atoms with Crippen LogP contribution in [0.5, 0.6) is 5.75 Å². The Morgan fingerprint density at radius 2 is 1.83 bits per heavy atom. The molecule has 23 heavy (non-hydrogen) atoms. The molecule has 6 nitrogen and oxygen atoms in total. The predicted molar refractivity (Wildman–Crippen MR) is 80.4 cm³/mol. The quantitative estimate of drug-likeness (QED) is 0.771. The lowest BCUT2D eigenvalue weighted by Crippen LogP contribution is -2.33. The van der Waals surface area contributed by atoms with E-state index in [-0.39, 0.29) is 28.6 Å². The maximum absolute atomic E-state index is 12.6. The average molecular weight is 316 g/mol. The molecule has 0 saturated heterocycles. The zero-order chi connectivity index (χ0) is 17.3. The summed E-state index contributed by atoms with van der Waals surface area (Å²) < 4.78 is 5.81. The maximum atomic E-state index is 12.6. The Kier molecular flexibility index (Phi) is 2.95. The molecule has 1 aromatic carbocycles. The number of rotatable bonds is 1. The predicted octanol–water partition coefficient (Wildman–Crippen LogP) is 2.32. The summed E-state index contributed by atoms with van der Waals surface area (Å²) >= 11 is 0. The van der Waals surface area contributed by atoms with E-state index in [2.05, 4.69) is 0 Å². The van der Waals surface area contributed by atoms with Gasteiger partial charge < -0.3 is 14.9 Å². The van der Waals surface area contributed by atoms with E-state index < -0.39 is 34.3 Å². The fourth-order valence-electron chi connectivity index (χ4n) is 3.22. The molecule has 0 fully saturated rings. The Labute approximate surface area is 132 Å². The Hall–Kier alpha value is -2.63. The van der Waals surface area contributed by atoms with E-state index in [0.29, 0.717) is 5.56 Å². The van der Waals surface area contributed by atoms with Gasteiger partial charge in [0.15, 0.2) is 0 Å². The van der Waals surface area contributed by atoms with Crippen molar-refractivity contribution in [3.8, 4) is 5.75 Å². The molecule has 1 unspecified atom stereocenters. The summed E-state index contributed by atoms with van der Waals surface area (Å²) in [5.74, 6) is -3.43. The van der Waals surface area contributed by atoms with E-state index in [0.717, 1.165) is 0 Å². The number of ether oxygens (including phenoxy) is 1. The second kappa shape index (κ2) is 4.44. The lowest BCUT2D eigenvalue weighted by Gasteiger charge is -2.25. The summed E-state index contributed by atoms with van der Waals surface area (Å²) in [5, 5.41) is 19.2. The van der Waals surface area contributed by atoms with Gasteiger partial charge in [-0.05, 0) is 25.5 Å². The first-order chi connectivity index (χ1) is 10.6. The number of benzene rings is 1. The summed E-state index contributed by atoms with van der Waals surface area (Å²) in [6.07, 6.45) is -0.336. The second-order valence-electron chi connectivity index (χ2n) is 6.49. The van der Waals surface area contributed by atoms with Crippen molar-refractivity contribution in [3.05, 3.63) is 33.9 Å². The molecule has 3 rings (SSSR count). The number of fused-ring (bicyclic) bond motifs is 2. The van der Waals surface area contributed by atoms with Crippen molar-refractivity contribution in [3.63, 3.8) is 0 Å². The Morgan fingerprint density at radius 1 is 1.22 bits per heavy atom. The number of carboxylic acids is 1. The summed E-state index contributed by atoms with van der Waals surface area (Å²) in [6.45, 7) is 7.05. The molecule has 1 aromatic rings. The van der Waals surface area contributed by atoms with Gasteiger partial charge in [0.25, 0.3) is 0 Å². The van der Waals surface area contributed by atoms with Crippen molar-refractivity contribution < 1.29 is 29.3 Å². The van der Waals surface area contributed by atoms with Crippen LogP contribution >= 0.6 is 0 Å². The zero-order valence-corrected chi connectivity index (χ0v) is 13.2. The number of carbonyl (C=O) groups excluding carboxylic acids is 2. The number of hydrogen-bond donors (Lipinski definition) is 2. The molecule has 0 bridgehead atoms. The topological polar surface area (TPSA) is 101 Å². The molecule has 1 heterocycles. The molecule has 0 saturated carbocycles. The Morgan fingerprint density at radius 3 is 2.39 bits per heavy atom. The van der Waals surface area contributed by atoms with Gasteiger partial charge in [0, 0.05) is 11.0 Å². The van der Waals surface area contributed by atoms with Gasteiger partial charge in [0.2, 0.25) is 11.6 Å². The van der Waals surface area contributed by atoms with Crippen LogP contribution in [0.25, 0.3) is 5.76 Å². The fourth-order valence-corrected chi connectivity index (χ4v) is 3.22. The Bertz CT molecular complexity index is 828. The van der Waals surface area contributed by atoms with Crippen LogP contribution in [0, 0.1) is 12.3 Å². The van der Waals surface area contributed by atoms with Crippen molar-refractivity contribution in [2.45, 2.75) is 33.8 Å². The van der Waals surface area contributed by atoms with Gasteiger partial charge >= 0.3 is 5.97 Å². The maximum Gasteiger partial charge on any atom is 0.340 e. The van der Waals surface area contributed by atoms with E-state index in [4.69, 9.17) is 4.74 Å². The molecule has 6 heteroatoms. The third kappa shape index (κ3) is 1.78. The molecule has 1 atom stereocenters. The zero-order valence-electron chi connectivity index (χ0n) is 13.2. The summed E-state index contributed by atoms with van der Waals surface area (Å²) in [4.78, 5) is 36.6. The molecule has 0 radical (unpaired) electrons. The number of carboxylic acid groups (broad SMARTS) is 1. The van der Waals surface area contributed by atoms with Crippen LogP contribution in [-0.2, 0) is 9.53 Å². The lowest BCUT2D eigenvalue weighted by molar-refractivity contribution is -0.112. The summed E-state index contributed by atoms with van der Waals surface area (Å²) in [7, 11) is 0. The van der Waals surface area contributed by atoms with Gasteiger partial charge in [0.1, 0.15) is 23.2 Å². The SMILES string of the molecule is Cc1cc(O)c(C(=O)O)c2c1C1=C(C(=O)C2=O)C(C)(C)C(C)O1. The smallest absolute Gasteiger partial charge is 0.340 e. The van der Waals surface area contributed by atoms with Crippen molar-refractivity contribution in [1.82, 2.24) is 0 Å². The molecule has 120 valence electrons.